The topological polar surface area (TPSA) is 66.5 Å². The summed E-state index contributed by atoms with van der Waals surface area (Å²) in [5.74, 6) is -0.744. The summed E-state index contributed by atoms with van der Waals surface area (Å²) < 4.78 is 39.6. The molecule has 0 spiro atoms. The average molecular weight is 425 g/mol. The Balaban J connectivity index is 1.49. The van der Waals surface area contributed by atoms with Crippen LogP contribution in [-0.4, -0.2) is 38.3 Å². The first-order valence-electron chi connectivity index (χ1n) is 9.14. The lowest BCUT2D eigenvalue weighted by Gasteiger charge is -2.30. The van der Waals surface area contributed by atoms with Crippen molar-refractivity contribution in [3.8, 4) is 0 Å². The minimum Gasteiger partial charge on any atom is -0.356 e. The van der Waals surface area contributed by atoms with E-state index in [1.165, 1.54) is 16.4 Å². The van der Waals surface area contributed by atoms with E-state index in [4.69, 9.17) is 11.6 Å². The van der Waals surface area contributed by atoms with E-state index in [1.807, 2.05) is 18.2 Å². The van der Waals surface area contributed by atoms with Crippen molar-refractivity contribution < 1.29 is 17.6 Å². The minimum absolute atomic E-state index is 0.0548. The van der Waals surface area contributed by atoms with E-state index in [-0.39, 0.29) is 29.8 Å². The molecule has 0 bridgehead atoms. The zero-order chi connectivity index (χ0) is 20.1. The highest BCUT2D eigenvalue weighted by Gasteiger charge is 2.31. The van der Waals surface area contributed by atoms with E-state index in [2.05, 4.69) is 5.32 Å². The summed E-state index contributed by atoms with van der Waals surface area (Å²) in [6.07, 6.45) is 1.61. The van der Waals surface area contributed by atoms with Crippen molar-refractivity contribution in [1.82, 2.24) is 9.62 Å². The van der Waals surface area contributed by atoms with Crippen molar-refractivity contribution in [1.29, 1.82) is 0 Å². The smallest absolute Gasteiger partial charge is 0.243 e. The number of halogens is 2. The molecule has 1 aliphatic heterocycles. The number of nitrogens with zero attached hydrogens (tertiary/aromatic N) is 1. The molecular weight excluding hydrogens is 403 g/mol. The van der Waals surface area contributed by atoms with Gasteiger partial charge in [-0.05, 0) is 61.2 Å². The Labute approximate surface area is 169 Å². The van der Waals surface area contributed by atoms with Gasteiger partial charge in [-0.1, -0.05) is 23.7 Å². The molecule has 1 amide bonds. The lowest BCUT2D eigenvalue weighted by atomic mass is 9.97. The van der Waals surface area contributed by atoms with Crippen LogP contribution in [0.1, 0.15) is 18.4 Å². The summed E-state index contributed by atoms with van der Waals surface area (Å²) in [7, 11) is -3.66. The Hall–Kier alpha value is -1.96. The van der Waals surface area contributed by atoms with Crippen molar-refractivity contribution in [3.05, 3.63) is 64.9 Å². The number of hydrogen-bond donors (Lipinski definition) is 1. The van der Waals surface area contributed by atoms with Gasteiger partial charge in [-0.2, -0.15) is 4.31 Å². The predicted molar refractivity (Wildman–Crippen MR) is 106 cm³/mol. The molecular formula is C20H22ClFN2O3S. The average Bonchev–Trinajstić information content (AvgIpc) is 2.68. The molecule has 8 heteroatoms. The van der Waals surface area contributed by atoms with Crippen LogP contribution >= 0.6 is 11.6 Å². The second kappa shape index (κ2) is 9.03. The van der Waals surface area contributed by atoms with Crippen LogP contribution < -0.4 is 5.32 Å². The number of hydrogen-bond acceptors (Lipinski definition) is 3. The number of carbonyl (C=O) groups excluding carboxylic acids is 1. The Morgan fingerprint density at radius 2 is 1.82 bits per heavy atom. The molecule has 5 nitrogen and oxygen atoms in total. The number of nitrogens with one attached hydrogen (secondary N) is 1. The van der Waals surface area contributed by atoms with Crippen molar-refractivity contribution in [3.63, 3.8) is 0 Å². The monoisotopic (exact) mass is 424 g/mol. The summed E-state index contributed by atoms with van der Waals surface area (Å²) in [5, 5.41) is 3.59. The maximum Gasteiger partial charge on any atom is 0.243 e. The highest BCUT2D eigenvalue weighted by Crippen LogP contribution is 2.24. The largest absolute Gasteiger partial charge is 0.356 e. The molecule has 0 atom stereocenters. The molecule has 1 saturated heterocycles. The second-order valence-electron chi connectivity index (χ2n) is 6.80. The molecule has 2 aromatic carbocycles. The van der Waals surface area contributed by atoms with E-state index >= 15 is 0 Å². The van der Waals surface area contributed by atoms with Crippen LogP contribution in [0.2, 0.25) is 5.02 Å². The first kappa shape index (κ1) is 20.8. The van der Waals surface area contributed by atoms with Gasteiger partial charge in [0.15, 0.2) is 0 Å². The fraction of sp³-hybridized carbons (Fsp3) is 0.350. The van der Waals surface area contributed by atoms with Gasteiger partial charge in [0.1, 0.15) is 5.82 Å². The van der Waals surface area contributed by atoms with Gasteiger partial charge in [0.05, 0.1) is 4.90 Å². The Morgan fingerprint density at radius 1 is 1.14 bits per heavy atom. The molecule has 0 aromatic heterocycles. The van der Waals surface area contributed by atoms with Crippen LogP contribution in [0.15, 0.2) is 53.4 Å². The normalized spacial score (nSPS) is 16.1. The summed E-state index contributed by atoms with van der Waals surface area (Å²) >= 11 is 5.95. The maximum atomic E-state index is 13.0. The molecule has 1 heterocycles. The van der Waals surface area contributed by atoms with Crippen molar-refractivity contribution >= 4 is 27.5 Å². The van der Waals surface area contributed by atoms with Gasteiger partial charge in [0.2, 0.25) is 15.9 Å². The zero-order valence-electron chi connectivity index (χ0n) is 15.3. The third-order valence-electron chi connectivity index (χ3n) is 4.88. The van der Waals surface area contributed by atoms with Crippen LogP contribution in [0.3, 0.4) is 0 Å². The van der Waals surface area contributed by atoms with Crippen molar-refractivity contribution in [2.24, 2.45) is 5.92 Å². The van der Waals surface area contributed by atoms with Crippen molar-refractivity contribution in [2.75, 3.05) is 19.6 Å². The minimum atomic E-state index is -3.66. The fourth-order valence-electron chi connectivity index (χ4n) is 3.28. The number of piperidine rings is 1. The Morgan fingerprint density at radius 3 is 2.46 bits per heavy atom. The molecule has 1 fully saturated rings. The highest BCUT2D eigenvalue weighted by atomic mass is 35.5. The van der Waals surface area contributed by atoms with E-state index in [0.29, 0.717) is 30.8 Å². The molecule has 0 radical (unpaired) electrons. The quantitative estimate of drug-likeness (QED) is 0.774. The summed E-state index contributed by atoms with van der Waals surface area (Å²) in [5.41, 5.74) is 1.05. The first-order chi connectivity index (χ1) is 13.4. The molecule has 0 aliphatic carbocycles. The van der Waals surface area contributed by atoms with Gasteiger partial charge >= 0.3 is 0 Å². The molecule has 1 N–H and O–H groups in total. The summed E-state index contributed by atoms with van der Waals surface area (Å²) in [6.45, 7) is 1.05. The zero-order valence-corrected chi connectivity index (χ0v) is 16.8. The van der Waals surface area contributed by atoms with E-state index in [0.717, 1.165) is 17.7 Å². The standard InChI is InChI=1S/C20H22ClFN2O3S/c21-17-3-1-2-15(14-17)8-11-23-20(25)16-9-12-24(13-10-16)28(26,27)19-6-4-18(22)5-7-19/h1-7,14,16H,8-13H2,(H,23,25). The van der Waals surface area contributed by atoms with Crippen LogP contribution in [0, 0.1) is 11.7 Å². The lowest BCUT2D eigenvalue weighted by Crippen LogP contribution is -2.43. The Kier molecular flexibility index (Phi) is 6.69. The van der Waals surface area contributed by atoms with Gasteiger partial charge in [-0.15, -0.1) is 0 Å². The van der Waals surface area contributed by atoms with Gasteiger partial charge in [0, 0.05) is 30.6 Å². The molecule has 28 heavy (non-hydrogen) atoms. The number of benzene rings is 2. The van der Waals surface area contributed by atoms with E-state index in [1.54, 1.807) is 6.07 Å². The van der Waals surface area contributed by atoms with Gasteiger partial charge in [-0.25, -0.2) is 12.8 Å². The summed E-state index contributed by atoms with van der Waals surface area (Å²) in [4.78, 5) is 12.4. The van der Waals surface area contributed by atoms with Crippen LogP contribution in [0.4, 0.5) is 4.39 Å². The van der Waals surface area contributed by atoms with Gasteiger partial charge in [0.25, 0.3) is 0 Å². The van der Waals surface area contributed by atoms with Crippen molar-refractivity contribution in [2.45, 2.75) is 24.2 Å². The molecule has 1 aliphatic rings. The highest BCUT2D eigenvalue weighted by molar-refractivity contribution is 7.89. The third-order valence-corrected chi connectivity index (χ3v) is 7.03. The predicted octanol–water partition coefficient (Wildman–Crippen LogP) is 3.24. The van der Waals surface area contributed by atoms with Gasteiger partial charge in [-0.3, -0.25) is 4.79 Å². The van der Waals surface area contributed by atoms with Crippen LogP contribution in [0.5, 0.6) is 0 Å². The number of carbonyl (C=O) groups is 1. The first-order valence-corrected chi connectivity index (χ1v) is 11.0. The van der Waals surface area contributed by atoms with Crippen LogP contribution in [-0.2, 0) is 21.2 Å². The summed E-state index contributed by atoms with van der Waals surface area (Å²) in [6, 6.07) is 12.3. The third kappa shape index (κ3) is 5.10. The van der Waals surface area contributed by atoms with E-state index in [9.17, 15) is 17.6 Å². The maximum absolute atomic E-state index is 13.0. The number of amides is 1. The Bertz CT molecular complexity index is 927. The van der Waals surface area contributed by atoms with Crippen LogP contribution in [0.25, 0.3) is 0 Å². The van der Waals surface area contributed by atoms with E-state index < -0.39 is 15.8 Å². The number of sulfonamides is 1. The lowest BCUT2D eigenvalue weighted by molar-refractivity contribution is -0.126. The molecule has 0 unspecified atom stereocenters. The molecule has 2 aromatic rings. The van der Waals surface area contributed by atoms with Gasteiger partial charge < -0.3 is 5.32 Å². The molecule has 3 rings (SSSR count). The molecule has 150 valence electrons. The second-order valence-corrected chi connectivity index (χ2v) is 9.18. The number of rotatable bonds is 6. The molecule has 0 saturated carbocycles. The SMILES string of the molecule is O=C(NCCc1cccc(Cl)c1)C1CCN(S(=O)(=O)c2ccc(F)cc2)CC1. The fourth-order valence-corrected chi connectivity index (χ4v) is 4.96.